The molecule has 0 unspecified atom stereocenters. The van der Waals surface area contributed by atoms with E-state index >= 15 is 0 Å². The van der Waals surface area contributed by atoms with Crippen LogP contribution in [0, 0.1) is 0 Å². The summed E-state index contributed by atoms with van der Waals surface area (Å²) in [6.07, 6.45) is 1.45. The average molecular weight is 490 g/mol. The Morgan fingerprint density at radius 1 is 0.889 bits per heavy atom. The number of ether oxygens (including phenoxy) is 2. The van der Waals surface area contributed by atoms with Gasteiger partial charge >= 0.3 is 6.09 Å². The van der Waals surface area contributed by atoms with Gasteiger partial charge in [0.1, 0.15) is 11.4 Å². The number of hydrogen-bond donors (Lipinski definition) is 0. The molecule has 2 amide bonds. The number of fused-ring (bicyclic) bond motifs is 3. The number of amides is 2. The monoisotopic (exact) mass is 489 g/mol. The molecule has 0 atom stereocenters. The van der Waals surface area contributed by atoms with Crippen molar-refractivity contribution in [3.05, 3.63) is 65.4 Å². The Bertz CT molecular complexity index is 1280. The van der Waals surface area contributed by atoms with Crippen LogP contribution in [0.5, 0.6) is 5.75 Å². The smallest absolute Gasteiger partial charge is 0.410 e. The molecule has 0 bridgehead atoms. The lowest BCUT2D eigenvalue weighted by Gasteiger charge is -2.34. The summed E-state index contributed by atoms with van der Waals surface area (Å²) in [7, 11) is 1.71. The lowest BCUT2D eigenvalue weighted by Crippen LogP contribution is -2.43. The molecule has 1 saturated heterocycles. The largest absolute Gasteiger partial charge is 0.496 e. The number of benzene rings is 2. The molecule has 0 spiro atoms. The van der Waals surface area contributed by atoms with Crippen molar-refractivity contribution in [1.29, 1.82) is 0 Å². The van der Waals surface area contributed by atoms with Gasteiger partial charge in [0, 0.05) is 37.1 Å². The molecule has 36 heavy (non-hydrogen) atoms. The summed E-state index contributed by atoms with van der Waals surface area (Å²) >= 11 is 0. The molecule has 3 heterocycles. The van der Waals surface area contributed by atoms with Gasteiger partial charge in [-0.15, -0.1) is 0 Å². The molecule has 0 aliphatic carbocycles. The third kappa shape index (κ3) is 4.54. The van der Waals surface area contributed by atoms with E-state index in [1.807, 2.05) is 62.1 Å². The first kappa shape index (κ1) is 24.2. The molecule has 0 radical (unpaired) electrons. The molecular formula is C29H35N3O4. The minimum Gasteiger partial charge on any atom is -0.496 e. The van der Waals surface area contributed by atoms with Crippen LogP contribution >= 0.6 is 0 Å². The number of carbonyl (C=O) groups is 2. The molecule has 5 rings (SSSR count). The first-order chi connectivity index (χ1) is 17.3. The van der Waals surface area contributed by atoms with Crippen molar-refractivity contribution >= 4 is 22.9 Å². The van der Waals surface area contributed by atoms with Crippen LogP contribution in [-0.2, 0) is 17.8 Å². The zero-order valence-corrected chi connectivity index (χ0v) is 21.6. The molecule has 190 valence electrons. The fraction of sp³-hybridized carbons (Fsp3) is 0.448. The van der Waals surface area contributed by atoms with Gasteiger partial charge in [0.2, 0.25) is 0 Å². The highest BCUT2D eigenvalue weighted by molar-refractivity contribution is 6.08. The van der Waals surface area contributed by atoms with Crippen LogP contribution in [0.4, 0.5) is 4.79 Å². The van der Waals surface area contributed by atoms with E-state index in [0.29, 0.717) is 38.6 Å². The first-order valence-corrected chi connectivity index (χ1v) is 12.8. The average Bonchev–Trinajstić information content (AvgIpc) is 3.21. The van der Waals surface area contributed by atoms with Gasteiger partial charge in [-0.1, -0.05) is 36.4 Å². The highest BCUT2D eigenvalue weighted by Crippen LogP contribution is 2.36. The minimum atomic E-state index is -0.564. The quantitative estimate of drug-likeness (QED) is 0.493. The second-order valence-corrected chi connectivity index (χ2v) is 10.7. The lowest BCUT2D eigenvalue weighted by molar-refractivity contribution is 0.0198. The maximum atomic E-state index is 14.0. The number of para-hydroxylation sites is 2. The van der Waals surface area contributed by atoms with Crippen molar-refractivity contribution in [3.63, 3.8) is 0 Å². The summed E-state index contributed by atoms with van der Waals surface area (Å²) in [5.41, 5.74) is 3.31. The SMILES string of the molecule is COc1ccccc1C1CCN(C(=O)c2c3n(c4ccccc24)CCN(C(=O)OC(C)(C)C)C3)CC1. The highest BCUT2D eigenvalue weighted by Gasteiger charge is 2.34. The molecule has 7 heteroatoms. The molecule has 1 aromatic heterocycles. The van der Waals surface area contributed by atoms with Gasteiger partial charge in [0.15, 0.2) is 0 Å². The Kier molecular flexibility index (Phi) is 6.41. The van der Waals surface area contributed by atoms with Crippen LogP contribution in [0.1, 0.15) is 61.1 Å². The van der Waals surface area contributed by atoms with Gasteiger partial charge in [0.05, 0.1) is 24.9 Å². The zero-order valence-electron chi connectivity index (χ0n) is 21.6. The van der Waals surface area contributed by atoms with E-state index in [4.69, 9.17) is 9.47 Å². The summed E-state index contributed by atoms with van der Waals surface area (Å²) in [5.74, 6) is 1.33. The van der Waals surface area contributed by atoms with Crippen molar-refractivity contribution in [2.75, 3.05) is 26.7 Å². The minimum absolute atomic E-state index is 0.0458. The summed E-state index contributed by atoms with van der Waals surface area (Å²) in [4.78, 5) is 30.5. The summed E-state index contributed by atoms with van der Waals surface area (Å²) in [6.45, 7) is 8.55. The Hall–Kier alpha value is -3.48. The van der Waals surface area contributed by atoms with E-state index in [2.05, 4.69) is 16.7 Å². The summed E-state index contributed by atoms with van der Waals surface area (Å²) in [6, 6.07) is 16.2. The normalized spacial score (nSPS) is 16.7. The molecule has 2 aliphatic rings. The molecule has 1 fully saturated rings. The third-order valence-electron chi connectivity index (χ3n) is 7.24. The van der Waals surface area contributed by atoms with Crippen molar-refractivity contribution in [2.45, 2.75) is 58.2 Å². The molecule has 2 aliphatic heterocycles. The second kappa shape index (κ2) is 9.52. The van der Waals surface area contributed by atoms with Crippen molar-refractivity contribution in [1.82, 2.24) is 14.4 Å². The number of nitrogens with zero attached hydrogens (tertiary/aromatic N) is 3. The number of likely N-dealkylation sites (tertiary alicyclic amines) is 1. The molecule has 7 nitrogen and oxygen atoms in total. The maximum Gasteiger partial charge on any atom is 0.410 e. The fourth-order valence-corrected chi connectivity index (χ4v) is 5.53. The van der Waals surface area contributed by atoms with Gasteiger partial charge < -0.3 is 23.8 Å². The number of piperidine rings is 1. The van der Waals surface area contributed by atoms with Gasteiger partial charge in [0.25, 0.3) is 5.91 Å². The van der Waals surface area contributed by atoms with E-state index in [-0.39, 0.29) is 12.0 Å². The van der Waals surface area contributed by atoms with E-state index in [9.17, 15) is 9.59 Å². The van der Waals surface area contributed by atoms with Gasteiger partial charge in [-0.05, 0) is 57.2 Å². The highest BCUT2D eigenvalue weighted by atomic mass is 16.6. The van der Waals surface area contributed by atoms with Crippen molar-refractivity contribution < 1.29 is 19.1 Å². The second-order valence-electron chi connectivity index (χ2n) is 10.7. The number of methoxy groups -OCH3 is 1. The Labute approximate surface area is 212 Å². The van der Waals surface area contributed by atoms with Crippen LogP contribution in [0.25, 0.3) is 10.9 Å². The van der Waals surface area contributed by atoms with Crippen molar-refractivity contribution in [2.24, 2.45) is 0 Å². The number of aromatic nitrogens is 1. The van der Waals surface area contributed by atoms with Crippen LogP contribution in [-0.4, -0.2) is 58.7 Å². The van der Waals surface area contributed by atoms with E-state index < -0.39 is 5.60 Å². The van der Waals surface area contributed by atoms with Gasteiger partial charge in [-0.3, -0.25) is 4.79 Å². The Morgan fingerprint density at radius 2 is 1.58 bits per heavy atom. The summed E-state index contributed by atoms with van der Waals surface area (Å²) < 4.78 is 13.4. The number of carbonyl (C=O) groups excluding carboxylic acids is 2. The Morgan fingerprint density at radius 3 is 2.31 bits per heavy atom. The van der Waals surface area contributed by atoms with Gasteiger partial charge in [-0.2, -0.15) is 0 Å². The molecule has 0 N–H and O–H groups in total. The van der Waals surface area contributed by atoms with E-state index in [1.165, 1.54) is 5.56 Å². The van der Waals surface area contributed by atoms with Crippen LogP contribution in [0.15, 0.2) is 48.5 Å². The van der Waals surface area contributed by atoms with Crippen LogP contribution in [0.3, 0.4) is 0 Å². The molecule has 0 saturated carbocycles. The lowest BCUT2D eigenvalue weighted by atomic mass is 9.88. The predicted molar refractivity (Wildman–Crippen MR) is 139 cm³/mol. The topological polar surface area (TPSA) is 64.0 Å². The van der Waals surface area contributed by atoms with Gasteiger partial charge in [-0.25, -0.2) is 4.79 Å². The Balaban J connectivity index is 1.40. The molecule has 2 aromatic carbocycles. The third-order valence-corrected chi connectivity index (χ3v) is 7.24. The standard InChI is InChI=1S/C29H35N3O4/c1-29(2,3)36-28(34)31-17-18-32-23-11-7-5-10-22(23)26(24(32)19-31)27(33)30-15-13-20(14-16-30)21-9-6-8-12-25(21)35-4/h5-12,20H,13-19H2,1-4H3. The van der Waals surface area contributed by atoms with Crippen LogP contribution < -0.4 is 4.74 Å². The zero-order chi connectivity index (χ0) is 25.4. The molecular weight excluding hydrogens is 454 g/mol. The molecule has 3 aromatic rings. The van der Waals surface area contributed by atoms with E-state index in [0.717, 1.165) is 40.8 Å². The number of rotatable bonds is 3. The maximum absolute atomic E-state index is 14.0. The summed E-state index contributed by atoms with van der Waals surface area (Å²) in [5, 5.41) is 0.954. The van der Waals surface area contributed by atoms with Crippen molar-refractivity contribution in [3.8, 4) is 5.75 Å². The number of hydrogen-bond acceptors (Lipinski definition) is 4. The predicted octanol–water partition coefficient (Wildman–Crippen LogP) is 5.42. The van der Waals surface area contributed by atoms with E-state index in [1.54, 1.807) is 12.0 Å². The van der Waals surface area contributed by atoms with Crippen LogP contribution in [0.2, 0.25) is 0 Å². The first-order valence-electron chi connectivity index (χ1n) is 12.8. The fourth-order valence-electron chi connectivity index (χ4n) is 5.53.